The van der Waals surface area contributed by atoms with Crippen molar-refractivity contribution in [3.05, 3.63) is 35.4 Å². The number of rotatable bonds is 5. The third-order valence-corrected chi connectivity index (χ3v) is 2.49. The van der Waals surface area contributed by atoms with Gasteiger partial charge in [0.05, 0.1) is 6.42 Å². The van der Waals surface area contributed by atoms with Crippen molar-refractivity contribution in [2.75, 3.05) is 7.05 Å². The van der Waals surface area contributed by atoms with Gasteiger partial charge in [-0.15, -0.1) is 0 Å². The number of carbonyl (C=O) groups is 1. The highest BCUT2D eigenvalue weighted by atomic mass is 16.1. The van der Waals surface area contributed by atoms with Crippen molar-refractivity contribution in [1.82, 2.24) is 5.32 Å². The van der Waals surface area contributed by atoms with Crippen LogP contribution < -0.4 is 5.32 Å². The summed E-state index contributed by atoms with van der Waals surface area (Å²) in [6.07, 6.45) is 4.07. The summed E-state index contributed by atoms with van der Waals surface area (Å²) in [4.78, 5) is 11.1. The topological polar surface area (TPSA) is 29.1 Å². The minimum Gasteiger partial charge on any atom is -0.359 e. The van der Waals surface area contributed by atoms with Gasteiger partial charge in [0.1, 0.15) is 0 Å². The Bertz CT molecular complexity index is 303. The second-order valence-electron chi connectivity index (χ2n) is 3.77. The van der Waals surface area contributed by atoms with Gasteiger partial charge in [-0.2, -0.15) is 0 Å². The number of nitrogens with one attached hydrogen (secondary N) is 1. The zero-order chi connectivity index (χ0) is 11.1. The van der Waals surface area contributed by atoms with Gasteiger partial charge in [-0.3, -0.25) is 4.79 Å². The highest BCUT2D eigenvalue weighted by Gasteiger charge is 2.00. The number of unbranched alkanes of at least 4 members (excludes halogenated alkanes) is 1. The molecule has 0 saturated heterocycles. The average molecular weight is 205 g/mol. The van der Waals surface area contributed by atoms with Crippen LogP contribution in [-0.2, 0) is 17.6 Å². The molecular weight excluding hydrogens is 186 g/mol. The van der Waals surface area contributed by atoms with Crippen LogP contribution in [0.2, 0.25) is 0 Å². The molecule has 0 aliphatic rings. The van der Waals surface area contributed by atoms with E-state index in [0.717, 1.165) is 12.0 Å². The van der Waals surface area contributed by atoms with Crippen molar-refractivity contribution in [3.8, 4) is 0 Å². The summed E-state index contributed by atoms with van der Waals surface area (Å²) < 4.78 is 0. The van der Waals surface area contributed by atoms with E-state index in [-0.39, 0.29) is 5.91 Å². The fraction of sp³-hybridized carbons (Fsp3) is 0.462. The normalized spacial score (nSPS) is 10.0. The molecule has 82 valence electrons. The second-order valence-corrected chi connectivity index (χ2v) is 3.77. The summed E-state index contributed by atoms with van der Waals surface area (Å²) in [5.41, 5.74) is 2.44. The standard InChI is InChI=1S/C13H19NO/c1-3-4-5-11-6-8-12(9-7-11)10-13(15)14-2/h6-9H,3-5,10H2,1-2H3,(H,14,15). The smallest absolute Gasteiger partial charge is 0.224 e. The van der Waals surface area contributed by atoms with Crippen LogP contribution in [0, 0.1) is 0 Å². The molecule has 0 atom stereocenters. The van der Waals surface area contributed by atoms with Crippen molar-refractivity contribution in [1.29, 1.82) is 0 Å². The fourth-order valence-corrected chi connectivity index (χ4v) is 1.48. The van der Waals surface area contributed by atoms with Gasteiger partial charge in [0.15, 0.2) is 0 Å². The van der Waals surface area contributed by atoms with E-state index in [1.807, 2.05) is 12.1 Å². The zero-order valence-electron chi connectivity index (χ0n) is 9.55. The van der Waals surface area contributed by atoms with Gasteiger partial charge >= 0.3 is 0 Å². The minimum atomic E-state index is 0.0660. The Kier molecular flexibility index (Phi) is 4.88. The van der Waals surface area contributed by atoms with Gasteiger partial charge < -0.3 is 5.32 Å². The molecule has 1 rings (SSSR count). The van der Waals surface area contributed by atoms with E-state index >= 15 is 0 Å². The van der Waals surface area contributed by atoms with Crippen LogP contribution in [0.3, 0.4) is 0 Å². The molecule has 0 saturated carbocycles. The summed E-state index contributed by atoms with van der Waals surface area (Å²) in [6.45, 7) is 2.19. The Labute approximate surface area is 91.7 Å². The second kappa shape index (κ2) is 6.23. The lowest BCUT2D eigenvalue weighted by molar-refractivity contribution is -0.119. The molecule has 0 unspecified atom stereocenters. The number of amides is 1. The van der Waals surface area contributed by atoms with Gasteiger partial charge in [0.25, 0.3) is 0 Å². The van der Waals surface area contributed by atoms with Crippen molar-refractivity contribution < 1.29 is 4.79 Å². The summed E-state index contributed by atoms with van der Waals surface area (Å²) >= 11 is 0. The Balaban J connectivity index is 2.52. The van der Waals surface area contributed by atoms with Crippen molar-refractivity contribution in [3.63, 3.8) is 0 Å². The van der Waals surface area contributed by atoms with Crippen LogP contribution in [0.15, 0.2) is 24.3 Å². The largest absolute Gasteiger partial charge is 0.359 e. The first-order valence-electron chi connectivity index (χ1n) is 5.54. The molecule has 0 bridgehead atoms. The lowest BCUT2D eigenvalue weighted by atomic mass is 10.0. The summed E-state index contributed by atoms with van der Waals surface area (Å²) in [7, 11) is 1.66. The molecule has 1 aromatic carbocycles. The van der Waals surface area contributed by atoms with Gasteiger partial charge in [-0.05, 0) is 24.0 Å². The Morgan fingerprint density at radius 1 is 1.20 bits per heavy atom. The van der Waals surface area contributed by atoms with Crippen LogP contribution in [0.25, 0.3) is 0 Å². The minimum absolute atomic E-state index is 0.0660. The summed E-state index contributed by atoms with van der Waals surface area (Å²) in [6, 6.07) is 8.32. The predicted molar refractivity (Wildman–Crippen MR) is 62.8 cm³/mol. The number of aryl methyl sites for hydroxylation is 1. The molecule has 2 heteroatoms. The lowest BCUT2D eigenvalue weighted by Gasteiger charge is -2.03. The number of hydrogen-bond donors (Lipinski definition) is 1. The van der Waals surface area contributed by atoms with Crippen LogP contribution >= 0.6 is 0 Å². The van der Waals surface area contributed by atoms with Gasteiger partial charge in [0.2, 0.25) is 5.91 Å². The molecule has 0 aliphatic carbocycles. The SMILES string of the molecule is CCCCc1ccc(CC(=O)NC)cc1. The van der Waals surface area contributed by atoms with Crippen LogP contribution in [0.4, 0.5) is 0 Å². The first-order valence-corrected chi connectivity index (χ1v) is 5.54. The highest BCUT2D eigenvalue weighted by molar-refractivity contribution is 5.78. The van der Waals surface area contributed by atoms with Crippen LogP contribution in [-0.4, -0.2) is 13.0 Å². The van der Waals surface area contributed by atoms with Gasteiger partial charge in [-0.1, -0.05) is 37.6 Å². The third kappa shape index (κ3) is 4.15. The molecule has 15 heavy (non-hydrogen) atoms. The van der Waals surface area contributed by atoms with Gasteiger partial charge in [0, 0.05) is 7.05 Å². The maximum Gasteiger partial charge on any atom is 0.224 e. The number of hydrogen-bond acceptors (Lipinski definition) is 1. The molecular formula is C13H19NO. The number of carbonyl (C=O) groups excluding carboxylic acids is 1. The van der Waals surface area contributed by atoms with E-state index in [9.17, 15) is 4.79 Å². The molecule has 0 radical (unpaired) electrons. The molecule has 0 fully saturated rings. The van der Waals surface area contributed by atoms with Gasteiger partial charge in [-0.25, -0.2) is 0 Å². The lowest BCUT2D eigenvalue weighted by Crippen LogP contribution is -2.19. The van der Waals surface area contributed by atoms with E-state index in [1.165, 1.54) is 18.4 Å². The molecule has 0 spiro atoms. The summed E-state index contributed by atoms with van der Waals surface area (Å²) in [5.74, 6) is 0.0660. The predicted octanol–water partition coefficient (Wildman–Crippen LogP) is 2.32. The van der Waals surface area contributed by atoms with Crippen LogP contribution in [0.1, 0.15) is 30.9 Å². The van der Waals surface area contributed by atoms with Crippen molar-refractivity contribution in [2.24, 2.45) is 0 Å². The quantitative estimate of drug-likeness (QED) is 0.785. The monoisotopic (exact) mass is 205 g/mol. The van der Waals surface area contributed by atoms with Crippen molar-refractivity contribution >= 4 is 5.91 Å². The number of likely N-dealkylation sites (N-methyl/N-ethyl adjacent to an activating group) is 1. The van der Waals surface area contributed by atoms with E-state index < -0.39 is 0 Å². The molecule has 1 aromatic rings. The molecule has 1 N–H and O–H groups in total. The summed E-state index contributed by atoms with van der Waals surface area (Å²) in [5, 5.41) is 2.62. The highest BCUT2D eigenvalue weighted by Crippen LogP contribution is 2.08. The maximum atomic E-state index is 11.1. The first kappa shape index (κ1) is 11.8. The van der Waals surface area contributed by atoms with E-state index in [1.54, 1.807) is 7.05 Å². The molecule has 0 aromatic heterocycles. The molecule has 0 heterocycles. The van der Waals surface area contributed by atoms with E-state index in [2.05, 4.69) is 24.4 Å². The van der Waals surface area contributed by atoms with E-state index in [4.69, 9.17) is 0 Å². The van der Waals surface area contributed by atoms with Crippen molar-refractivity contribution in [2.45, 2.75) is 32.6 Å². The third-order valence-electron chi connectivity index (χ3n) is 2.49. The Morgan fingerprint density at radius 2 is 1.80 bits per heavy atom. The zero-order valence-corrected chi connectivity index (χ0v) is 9.55. The molecule has 0 aliphatic heterocycles. The first-order chi connectivity index (χ1) is 7.26. The Hall–Kier alpha value is -1.31. The Morgan fingerprint density at radius 3 is 2.33 bits per heavy atom. The maximum absolute atomic E-state index is 11.1. The van der Waals surface area contributed by atoms with Crippen LogP contribution in [0.5, 0.6) is 0 Å². The fourth-order valence-electron chi connectivity index (χ4n) is 1.48. The average Bonchev–Trinajstić information content (AvgIpc) is 2.28. The molecule has 2 nitrogen and oxygen atoms in total. The van der Waals surface area contributed by atoms with E-state index in [0.29, 0.717) is 6.42 Å². The number of benzene rings is 1. The molecule has 1 amide bonds.